The van der Waals surface area contributed by atoms with Gasteiger partial charge in [-0.05, 0) is 30.7 Å². The normalized spacial score (nSPS) is 16.0. The minimum atomic E-state index is -0.244. The molecule has 7 heteroatoms. The Kier molecular flexibility index (Phi) is 5.80. The Morgan fingerprint density at radius 2 is 1.89 bits per heavy atom. The van der Waals surface area contributed by atoms with E-state index < -0.39 is 0 Å². The van der Waals surface area contributed by atoms with Crippen LogP contribution in [0.2, 0.25) is 0 Å². The van der Waals surface area contributed by atoms with E-state index in [9.17, 15) is 14.4 Å². The second-order valence-corrected chi connectivity index (χ2v) is 6.42. The molecule has 1 aromatic carbocycles. The van der Waals surface area contributed by atoms with Gasteiger partial charge in [0.2, 0.25) is 11.8 Å². The number of aromatic nitrogens is 1. The van der Waals surface area contributed by atoms with E-state index in [4.69, 9.17) is 0 Å². The number of nitrogens with one attached hydrogen (secondary N) is 2. The quantitative estimate of drug-likeness (QED) is 0.851. The van der Waals surface area contributed by atoms with Gasteiger partial charge in [-0.3, -0.25) is 14.4 Å². The van der Waals surface area contributed by atoms with Gasteiger partial charge in [-0.2, -0.15) is 0 Å². The van der Waals surface area contributed by atoms with Crippen LogP contribution in [-0.2, 0) is 9.59 Å². The van der Waals surface area contributed by atoms with Crippen molar-refractivity contribution >= 4 is 29.2 Å². The zero-order valence-corrected chi connectivity index (χ0v) is 15.1. The third kappa shape index (κ3) is 4.69. The van der Waals surface area contributed by atoms with Crippen molar-refractivity contribution < 1.29 is 14.4 Å². The van der Waals surface area contributed by atoms with E-state index >= 15 is 0 Å². The number of benzene rings is 1. The van der Waals surface area contributed by atoms with Gasteiger partial charge >= 0.3 is 0 Å². The summed E-state index contributed by atoms with van der Waals surface area (Å²) in [5.74, 6) is -0.0957. The van der Waals surface area contributed by atoms with Gasteiger partial charge in [0.1, 0.15) is 5.82 Å². The summed E-state index contributed by atoms with van der Waals surface area (Å²) >= 11 is 0. The van der Waals surface area contributed by atoms with Crippen molar-refractivity contribution in [1.29, 1.82) is 0 Å². The first kappa shape index (κ1) is 18.6. The molecule has 1 aliphatic heterocycles. The molecule has 3 rings (SSSR count). The van der Waals surface area contributed by atoms with E-state index in [1.807, 2.05) is 13.0 Å². The number of amides is 3. The van der Waals surface area contributed by atoms with Crippen LogP contribution in [0.5, 0.6) is 0 Å². The van der Waals surface area contributed by atoms with Crippen molar-refractivity contribution in [3.05, 3.63) is 54.2 Å². The predicted octanol–water partition coefficient (Wildman–Crippen LogP) is 2.53. The van der Waals surface area contributed by atoms with Crippen molar-refractivity contribution in [2.75, 3.05) is 23.7 Å². The molecule has 3 amide bonds. The Balaban J connectivity index is 1.54. The number of carbonyl (C=O) groups excluding carboxylic acids is 3. The van der Waals surface area contributed by atoms with Crippen LogP contribution in [-0.4, -0.2) is 40.7 Å². The van der Waals surface area contributed by atoms with Crippen molar-refractivity contribution in [3.63, 3.8) is 0 Å². The SMILES string of the molecule is CCC(=O)N1CCC(C(=O)Nc2ccc(NC(=O)c3ccccc3)nc2)C1. The minimum absolute atomic E-state index is 0.0745. The van der Waals surface area contributed by atoms with Gasteiger partial charge < -0.3 is 15.5 Å². The molecule has 0 aliphatic carbocycles. The number of nitrogens with zero attached hydrogens (tertiary/aromatic N) is 2. The Labute approximate surface area is 157 Å². The van der Waals surface area contributed by atoms with Crippen LogP contribution in [0.3, 0.4) is 0 Å². The molecular formula is C20H22N4O3. The minimum Gasteiger partial charge on any atom is -0.342 e. The summed E-state index contributed by atoms with van der Waals surface area (Å²) in [6.07, 6.45) is 2.62. The van der Waals surface area contributed by atoms with Gasteiger partial charge in [-0.15, -0.1) is 0 Å². The van der Waals surface area contributed by atoms with Crippen molar-refractivity contribution in [3.8, 4) is 0 Å². The van der Waals surface area contributed by atoms with E-state index in [1.54, 1.807) is 41.3 Å². The molecule has 0 radical (unpaired) electrons. The van der Waals surface area contributed by atoms with Crippen molar-refractivity contribution in [2.45, 2.75) is 19.8 Å². The zero-order valence-electron chi connectivity index (χ0n) is 15.1. The second kappa shape index (κ2) is 8.44. The molecule has 2 N–H and O–H groups in total. The van der Waals surface area contributed by atoms with E-state index in [-0.39, 0.29) is 23.6 Å². The van der Waals surface area contributed by atoms with Crippen LogP contribution in [0.1, 0.15) is 30.1 Å². The number of likely N-dealkylation sites (tertiary alicyclic amines) is 1. The molecule has 1 saturated heterocycles. The number of pyridine rings is 1. The lowest BCUT2D eigenvalue weighted by Crippen LogP contribution is -2.30. The Morgan fingerprint density at radius 1 is 1.11 bits per heavy atom. The van der Waals surface area contributed by atoms with Crippen molar-refractivity contribution in [1.82, 2.24) is 9.88 Å². The van der Waals surface area contributed by atoms with Gasteiger partial charge in [0.15, 0.2) is 0 Å². The first-order valence-corrected chi connectivity index (χ1v) is 8.98. The fourth-order valence-corrected chi connectivity index (χ4v) is 2.99. The van der Waals surface area contributed by atoms with Gasteiger partial charge in [0.25, 0.3) is 5.91 Å². The number of hydrogen-bond donors (Lipinski definition) is 2. The van der Waals surface area contributed by atoms with Gasteiger partial charge in [0, 0.05) is 25.1 Å². The molecule has 1 unspecified atom stereocenters. The lowest BCUT2D eigenvalue weighted by molar-refractivity contribution is -0.130. The van der Waals surface area contributed by atoms with Crippen LogP contribution in [0.15, 0.2) is 48.7 Å². The smallest absolute Gasteiger partial charge is 0.256 e. The topological polar surface area (TPSA) is 91.4 Å². The molecule has 1 atom stereocenters. The first-order valence-electron chi connectivity index (χ1n) is 8.98. The van der Waals surface area contributed by atoms with Crippen LogP contribution >= 0.6 is 0 Å². The van der Waals surface area contributed by atoms with Gasteiger partial charge in [-0.25, -0.2) is 4.98 Å². The fourth-order valence-electron chi connectivity index (χ4n) is 2.99. The standard InChI is InChI=1S/C20H22N4O3/c1-2-18(25)24-11-10-15(13-24)20(27)22-16-8-9-17(21-12-16)23-19(26)14-6-4-3-5-7-14/h3-9,12,15H,2,10-11,13H2,1H3,(H,22,27)(H,21,23,26). The van der Waals surface area contributed by atoms with Crippen LogP contribution in [0.25, 0.3) is 0 Å². The summed E-state index contributed by atoms with van der Waals surface area (Å²) in [6, 6.07) is 12.2. The Morgan fingerprint density at radius 3 is 2.56 bits per heavy atom. The third-order valence-electron chi connectivity index (χ3n) is 4.52. The number of rotatable bonds is 5. The molecule has 140 valence electrons. The number of carbonyl (C=O) groups is 3. The van der Waals surface area contributed by atoms with Crippen LogP contribution in [0, 0.1) is 5.92 Å². The average molecular weight is 366 g/mol. The highest BCUT2D eigenvalue weighted by atomic mass is 16.2. The lowest BCUT2D eigenvalue weighted by Gasteiger charge is -2.15. The van der Waals surface area contributed by atoms with Gasteiger partial charge in [-0.1, -0.05) is 25.1 Å². The number of hydrogen-bond acceptors (Lipinski definition) is 4. The second-order valence-electron chi connectivity index (χ2n) is 6.42. The maximum atomic E-state index is 12.4. The molecule has 0 saturated carbocycles. The fraction of sp³-hybridized carbons (Fsp3) is 0.300. The molecule has 1 aromatic heterocycles. The van der Waals surface area contributed by atoms with E-state index in [2.05, 4.69) is 15.6 Å². The van der Waals surface area contributed by atoms with Crippen molar-refractivity contribution in [2.24, 2.45) is 5.92 Å². The highest BCUT2D eigenvalue weighted by molar-refractivity contribution is 6.03. The maximum absolute atomic E-state index is 12.4. The molecular weight excluding hydrogens is 344 g/mol. The molecule has 2 aromatic rings. The molecule has 27 heavy (non-hydrogen) atoms. The Bertz CT molecular complexity index is 821. The summed E-state index contributed by atoms with van der Waals surface area (Å²) in [4.78, 5) is 42.1. The molecule has 2 heterocycles. The predicted molar refractivity (Wildman–Crippen MR) is 102 cm³/mol. The average Bonchev–Trinajstić information content (AvgIpc) is 3.20. The summed E-state index contributed by atoms with van der Waals surface area (Å²) in [7, 11) is 0. The third-order valence-corrected chi connectivity index (χ3v) is 4.52. The number of anilines is 2. The zero-order chi connectivity index (χ0) is 19.2. The first-order chi connectivity index (χ1) is 13.1. The highest BCUT2D eigenvalue weighted by Crippen LogP contribution is 2.19. The molecule has 7 nitrogen and oxygen atoms in total. The molecule has 1 fully saturated rings. The van der Waals surface area contributed by atoms with E-state index in [1.165, 1.54) is 6.20 Å². The molecule has 1 aliphatic rings. The Hall–Kier alpha value is -3.22. The van der Waals surface area contributed by atoms with Crippen LogP contribution < -0.4 is 10.6 Å². The lowest BCUT2D eigenvalue weighted by atomic mass is 10.1. The summed E-state index contributed by atoms with van der Waals surface area (Å²) < 4.78 is 0. The van der Waals surface area contributed by atoms with E-state index in [0.717, 1.165) is 0 Å². The van der Waals surface area contributed by atoms with Gasteiger partial charge in [0.05, 0.1) is 17.8 Å². The summed E-state index contributed by atoms with van der Waals surface area (Å²) in [5.41, 5.74) is 1.10. The molecule has 0 bridgehead atoms. The highest BCUT2D eigenvalue weighted by Gasteiger charge is 2.30. The summed E-state index contributed by atoms with van der Waals surface area (Å²) in [6.45, 7) is 2.89. The largest absolute Gasteiger partial charge is 0.342 e. The van der Waals surface area contributed by atoms with Crippen LogP contribution in [0.4, 0.5) is 11.5 Å². The monoisotopic (exact) mass is 366 g/mol. The van der Waals surface area contributed by atoms with E-state index in [0.29, 0.717) is 43.0 Å². The molecule has 0 spiro atoms. The maximum Gasteiger partial charge on any atom is 0.256 e. The summed E-state index contributed by atoms with van der Waals surface area (Å²) in [5, 5.41) is 5.53.